The van der Waals surface area contributed by atoms with E-state index in [-0.39, 0.29) is 23.4 Å². The van der Waals surface area contributed by atoms with Gasteiger partial charge in [0.15, 0.2) is 11.6 Å². The highest BCUT2D eigenvalue weighted by molar-refractivity contribution is 5.73. The van der Waals surface area contributed by atoms with Crippen LogP contribution in [-0.2, 0) is 4.74 Å². The minimum Gasteiger partial charge on any atom is -0.493 e. The summed E-state index contributed by atoms with van der Waals surface area (Å²) in [5.41, 5.74) is 2.66. The SMILES string of the molecule is C=CCCCOc1ccc(-c2ccc(/C=C/c3ccc(C4CCC(OCCCC)CC4)c(F)c3F)cc2)c(F)c1. The van der Waals surface area contributed by atoms with E-state index in [0.717, 1.165) is 69.1 Å². The van der Waals surface area contributed by atoms with Gasteiger partial charge in [0, 0.05) is 23.8 Å². The van der Waals surface area contributed by atoms with E-state index < -0.39 is 11.6 Å². The number of halogens is 3. The van der Waals surface area contributed by atoms with Crippen molar-refractivity contribution in [3.05, 3.63) is 101 Å². The molecule has 0 amide bonds. The maximum absolute atomic E-state index is 15.0. The van der Waals surface area contributed by atoms with E-state index in [1.807, 2.05) is 30.3 Å². The van der Waals surface area contributed by atoms with Gasteiger partial charge in [-0.05, 0) is 79.7 Å². The van der Waals surface area contributed by atoms with Crippen LogP contribution < -0.4 is 4.74 Å². The third-order valence-electron chi connectivity index (χ3n) is 7.55. The minimum absolute atomic E-state index is 0.0179. The third-order valence-corrected chi connectivity index (χ3v) is 7.55. The van der Waals surface area contributed by atoms with Crippen LogP contribution in [0.15, 0.2) is 67.3 Å². The zero-order valence-electron chi connectivity index (χ0n) is 23.3. The van der Waals surface area contributed by atoms with Crippen molar-refractivity contribution >= 4 is 12.2 Å². The van der Waals surface area contributed by atoms with Gasteiger partial charge in [-0.25, -0.2) is 13.2 Å². The van der Waals surface area contributed by atoms with Gasteiger partial charge in [0.25, 0.3) is 0 Å². The maximum atomic E-state index is 15.0. The van der Waals surface area contributed by atoms with E-state index in [1.165, 1.54) is 6.07 Å². The van der Waals surface area contributed by atoms with Crippen molar-refractivity contribution in [2.45, 2.75) is 70.3 Å². The van der Waals surface area contributed by atoms with E-state index in [0.29, 0.717) is 23.5 Å². The third kappa shape index (κ3) is 7.88. The minimum atomic E-state index is -0.819. The first-order chi connectivity index (χ1) is 19.5. The molecule has 0 N–H and O–H groups in total. The van der Waals surface area contributed by atoms with Crippen molar-refractivity contribution in [1.29, 1.82) is 0 Å². The Morgan fingerprint density at radius 2 is 1.62 bits per heavy atom. The highest BCUT2D eigenvalue weighted by Gasteiger charge is 2.26. The first kappa shape index (κ1) is 29.7. The van der Waals surface area contributed by atoms with Gasteiger partial charge in [-0.1, -0.05) is 68.0 Å². The molecule has 0 heterocycles. The number of rotatable bonds is 13. The van der Waals surface area contributed by atoms with Gasteiger partial charge in [-0.15, -0.1) is 6.58 Å². The molecule has 0 aromatic heterocycles. The number of hydrogen-bond acceptors (Lipinski definition) is 2. The smallest absolute Gasteiger partial charge is 0.166 e. The fraction of sp³-hybridized carbons (Fsp3) is 0.371. The molecule has 0 aliphatic heterocycles. The molecule has 0 saturated heterocycles. The predicted octanol–water partition coefficient (Wildman–Crippen LogP) is 10.1. The zero-order chi connectivity index (χ0) is 28.3. The second-order valence-electron chi connectivity index (χ2n) is 10.4. The van der Waals surface area contributed by atoms with Crippen molar-refractivity contribution in [3.8, 4) is 16.9 Å². The molecular formula is C35H39F3O2. The fourth-order valence-electron chi connectivity index (χ4n) is 5.16. The van der Waals surface area contributed by atoms with Crippen LogP contribution in [0.2, 0.25) is 0 Å². The molecule has 5 heteroatoms. The van der Waals surface area contributed by atoms with E-state index in [1.54, 1.807) is 36.4 Å². The van der Waals surface area contributed by atoms with Crippen molar-refractivity contribution in [2.75, 3.05) is 13.2 Å². The van der Waals surface area contributed by atoms with Crippen LogP contribution in [0.3, 0.4) is 0 Å². The van der Waals surface area contributed by atoms with E-state index in [4.69, 9.17) is 9.47 Å². The molecule has 0 atom stereocenters. The molecule has 1 saturated carbocycles. The molecule has 1 aliphatic carbocycles. The standard InChI is InChI=1S/C35H39F3O2/c1-3-5-7-23-40-30-19-21-31(33(36)24-30)26-11-8-25(9-12-26)10-13-28-16-20-32(35(38)34(28)37)27-14-17-29(18-15-27)39-22-6-4-2/h3,8-13,16,19-21,24,27,29H,1,4-7,14-15,17-18,22-23H2,2H3/b13-10+. The molecule has 1 fully saturated rings. The highest BCUT2D eigenvalue weighted by Crippen LogP contribution is 2.36. The predicted molar refractivity (Wildman–Crippen MR) is 158 cm³/mol. The molecule has 1 aliphatic rings. The van der Waals surface area contributed by atoms with Crippen LogP contribution in [0.25, 0.3) is 23.3 Å². The lowest BCUT2D eigenvalue weighted by Gasteiger charge is -2.29. The van der Waals surface area contributed by atoms with Gasteiger partial charge in [0.05, 0.1) is 12.7 Å². The first-order valence-corrected chi connectivity index (χ1v) is 14.4. The molecule has 3 aromatic carbocycles. The molecule has 212 valence electrons. The lowest BCUT2D eigenvalue weighted by atomic mass is 9.82. The second-order valence-corrected chi connectivity index (χ2v) is 10.4. The molecule has 0 radical (unpaired) electrons. The summed E-state index contributed by atoms with van der Waals surface area (Å²) >= 11 is 0. The quantitative estimate of drug-likeness (QED) is 0.120. The van der Waals surface area contributed by atoms with Gasteiger partial charge >= 0.3 is 0 Å². The number of benzene rings is 3. The number of allylic oxidation sites excluding steroid dienone is 1. The van der Waals surface area contributed by atoms with Gasteiger partial charge in [0.2, 0.25) is 0 Å². The van der Waals surface area contributed by atoms with Gasteiger partial charge in [0.1, 0.15) is 11.6 Å². The summed E-state index contributed by atoms with van der Waals surface area (Å²) in [6.07, 6.45) is 12.6. The fourth-order valence-corrected chi connectivity index (χ4v) is 5.16. The summed E-state index contributed by atoms with van der Waals surface area (Å²) in [6, 6.07) is 15.5. The van der Waals surface area contributed by atoms with Gasteiger partial charge in [-0.2, -0.15) is 0 Å². The summed E-state index contributed by atoms with van der Waals surface area (Å²) in [4.78, 5) is 0. The summed E-state index contributed by atoms with van der Waals surface area (Å²) in [5, 5.41) is 0. The normalized spacial score (nSPS) is 17.3. The molecule has 3 aromatic rings. The Labute approximate surface area is 236 Å². The van der Waals surface area contributed by atoms with E-state index >= 15 is 4.39 Å². The van der Waals surface area contributed by atoms with Crippen molar-refractivity contribution in [1.82, 2.24) is 0 Å². The zero-order valence-corrected chi connectivity index (χ0v) is 23.3. The van der Waals surface area contributed by atoms with Crippen LogP contribution >= 0.6 is 0 Å². The van der Waals surface area contributed by atoms with Crippen LogP contribution in [0, 0.1) is 17.5 Å². The Hall–Kier alpha value is -3.31. The Morgan fingerprint density at radius 1 is 0.850 bits per heavy atom. The molecule has 40 heavy (non-hydrogen) atoms. The Bertz CT molecular complexity index is 1270. The molecule has 2 nitrogen and oxygen atoms in total. The number of unbranched alkanes of at least 4 members (excludes halogenated alkanes) is 2. The monoisotopic (exact) mass is 548 g/mol. The average Bonchev–Trinajstić information content (AvgIpc) is 2.97. The van der Waals surface area contributed by atoms with Crippen LogP contribution in [0.1, 0.15) is 80.9 Å². The van der Waals surface area contributed by atoms with Gasteiger partial charge in [-0.3, -0.25) is 0 Å². The molecule has 0 spiro atoms. The Balaban J connectivity index is 1.36. The molecule has 4 rings (SSSR count). The highest BCUT2D eigenvalue weighted by atomic mass is 19.2. The molecule has 0 unspecified atom stereocenters. The number of ether oxygens (including phenoxy) is 2. The summed E-state index contributed by atoms with van der Waals surface area (Å²) in [7, 11) is 0. The van der Waals surface area contributed by atoms with Crippen LogP contribution in [-0.4, -0.2) is 19.3 Å². The van der Waals surface area contributed by atoms with Crippen LogP contribution in [0.4, 0.5) is 13.2 Å². The number of hydrogen-bond donors (Lipinski definition) is 0. The summed E-state index contributed by atoms with van der Waals surface area (Å²) in [6.45, 7) is 7.10. The van der Waals surface area contributed by atoms with E-state index in [2.05, 4.69) is 13.5 Å². The first-order valence-electron chi connectivity index (χ1n) is 14.4. The van der Waals surface area contributed by atoms with Crippen molar-refractivity contribution < 1.29 is 22.6 Å². The average molecular weight is 549 g/mol. The topological polar surface area (TPSA) is 18.5 Å². The summed E-state index contributed by atoms with van der Waals surface area (Å²) in [5.74, 6) is -1.42. The molecule has 0 bridgehead atoms. The lowest BCUT2D eigenvalue weighted by molar-refractivity contribution is 0.0230. The lowest BCUT2D eigenvalue weighted by Crippen LogP contribution is -2.22. The largest absolute Gasteiger partial charge is 0.493 e. The Morgan fingerprint density at radius 3 is 2.33 bits per heavy atom. The summed E-state index contributed by atoms with van der Waals surface area (Å²) < 4.78 is 56.2. The van der Waals surface area contributed by atoms with Crippen molar-refractivity contribution in [3.63, 3.8) is 0 Å². The Kier molecular flexibility index (Phi) is 11.1. The van der Waals surface area contributed by atoms with Crippen LogP contribution in [0.5, 0.6) is 5.75 Å². The van der Waals surface area contributed by atoms with Gasteiger partial charge < -0.3 is 9.47 Å². The van der Waals surface area contributed by atoms with Crippen molar-refractivity contribution in [2.24, 2.45) is 0 Å². The van der Waals surface area contributed by atoms with E-state index in [9.17, 15) is 8.78 Å². The maximum Gasteiger partial charge on any atom is 0.166 e. The second kappa shape index (κ2) is 14.9. The molecular weight excluding hydrogens is 509 g/mol.